The fraction of sp³-hybridized carbons (Fsp3) is 0.471. The summed E-state index contributed by atoms with van der Waals surface area (Å²) in [5.74, 6) is -0.114. The van der Waals surface area contributed by atoms with Crippen molar-refractivity contribution in [2.24, 2.45) is 0 Å². The monoisotopic (exact) mass is 610 g/mol. The Kier molecular flexibility index (Phi) is 7.44. The molecule has 2 aliphatic carbocycles. The van der Waals surface area contributed by atoms with Crippen molar-refractivity contribution in [2.75, 3.05) is 13.1 Å². The summed E-state index contributed by atoms with van der Waals surface area (Å²) in [6.45, 7) is 10.3. The Morgan fingerprint density at radius 2 is 2.02 bits per heavy atom. The average Bonchev–Trinajstić information content (AvgIpc) is 3.31. The van der Waals surface area contributed by atoms with Crippen LogP contribution in [0.2, 0.25) is 0 Å². The zero-order valence-electron chi connectivity index (χ0n) is 25.1. The number of likely N-dealkylation sites (tertiary alicyclic amines) is 1. The van der Waals surface area contributed by atoms with E-state index in [9.17, 15) is 27.9 Å². The number of hydrogen-bond acceptors (Lipinski definition) is 6. The predicted molar refractivity (Wildman–Crippen MR) is 158 cm³/mol. The van der Waals surface area contributed by atoms with Crippen LogP contribution >= 0.6 is 0 Å². The zero-order valence-corrected chi connectivity index (χ0v) is 25.1. The van der Waals surface area contributed by atoms with Gasteiger partial charge in [0.2, 0.25) is 5.91 Å². The molecule has 0 aromatic heterocycles. The molecule has 2 heterocycles. The van der Waals surface area contributed by atoms with E-state index < -0.39 is 40.9 Å². The number of piperidine rings is 1. The Hall–Kier alpha value is -3.63. The van der Waals surface area contributed by atoms with Gasteiger partial charge in [-0.2, -0.15) is 13.2 Å². The summed E-state index contributed by atoms with van der Waals surface area (Å²) < 4.78 is 52.2. The molecule has 4 aliphatic rings. The van der Waals surface area contributed by atoms with Gasteiger partial charge in [0.25, 0.3) is 0 Å². The van der Waals surface area contributed by atoms with Crippen LogP contribution in [0.3, 0.4) is 0 Å². The molecular formula is C34H37F3N2O5. The third-order valence-electron chi connectivity index (χ3n) is 9.94. The highest BCUT2D eigenvalue weighted by atomic mass is 19.4. The predicted octanol–water partition coefficient (Wildman–Crippen LogP) is 5.29. The molecule has 10 heteroatoms. The summed E-state index contributed by atoms with van der Waals surface area (Å²) in [6.07, 6.45) is 1.46. The van der Waals surface area contributed by atoms with Crippen LogP contribution in [0.1, 0.15) is 62.3 Å². The lowest BCUT2D eigenvalue weighted by molar-refractivity contribution is -0.200. The summed E-state index contributed by atoms with van der Waals surface area (Å²) >= 11 is 0. The fourth-order valence-electron chi connectivity index (χ4n) is 8.37. The van der Waals surface area contributed by atoms with Crippen molar-refractivity contribution in [3.8, 4) is 11.5 Å². The van der Waals surface area contributed by atoms with Gasteiger partial charge in [0, 0.05) is 37.2 Å². The molecule has 1 spiro atoms. The van der Waals surface area contributed by atoms with E-state index in [1.165, 1.54) is 31.2 Å². The second-order valence-electron chi connectivity index (χ2n) is 12.6. The summed E-state index contributed by atoms with van der Waals surface area (Å²) in [5, 5.41) is 12.7. The van der Waals surface area contributed by atoms with E-state index in [1.54, 1.807) is 11.0 Å². The number of benzene rings is 2. The quantitative estimate of drug-likeness (QED) is 0.199. The van der Waals surface area contributed by atoms with Gasteiger partial charge in [0.15, 0.2) is 11.5 Å². The molecule has 44 heavy (non-hydrogen) atoms. The van der Waals surface area contributed by atoms with Crippen molar-refractivity contribution >= 4 is 18.0 Å². The van der Waals surface area contributed by atoms with Crippen LogP contribution in [-0.4, -0.2) is 69.7 Å². The number of halogens is 3. The fourth-order valence-corrected chi connectivity index (χ4v) is 8.37. The second kappa shape index (κ2) is 10.8. The van der Waals surface area contributed by atoms with E-state index in [-0.39, 0.29) is 23.6 Å². The highest BCUT2D eigenvalue weighted by Gasteiger charge is 2.73. The van der Waals surface area contributed by atoms with Crippen LogP contribution < -0.4 is 9.47 Å². The molecule has 1 N–H and O–H groups in total. The summed E-state index contributed by atoms with van der Waals surface area (Å²) in [7, 11) is 0. The summed E-state index contributed by atoms with van der Waals surface area (Å²) in [6, 6.07) is 7.60. The first-order chi connectivity index (χ1) is 20.8. The standard InChI is InChI=1S/C34H37F3N2O5/c1-5-16-38-17-15-32-29-23-10-11-26(43-21(4)40)30(29)44-31(32)25(13-14-33(32,42)27(38)19-23)39(20(2)3)28(41)12-9-22-7-6-8-24(18-22)34(35,36)37/h5-12,18,20,25,27,31,42H,1,13-17,19H2,2-4H3/b12-9+/t25?,27-,31?,32+,33-/m1/s1. The van der Waals surface area contributed by atoms with Gasteiger partial charge < -0.3 is 19.5 Å². The highest BCUT2D eigenvalue weighted by Crippen LogP contribution is 2.66. The van der Waals surface area contributed by atoms with E-state index in [0.717, 1.165) is 23.3 Å². The first-order valence-electron chi connectivity index (χ1n) is 15.1. The van der Waals surface area contributed by atoms with Crippen LogP contribution in [0.25, 0.3) is 6.08 Å². The van der Waals surface area contributed by atoms with E-state index >= 15 is 0 Å². The van der Waals surface area contributed by atoms with Gasteiger partial charge in [0.1, 0.15) is 6.10 Å². The number of alkyl halides is 3. The van der Waals surface area contributed by atoms with Crippen molar-refractivity contribution in [2.45, 2.75) is 87.9 Å². The lowest BCUT2D eigenvalue weighted by atomic mass is 9.48. The van der Waals surface area contributed by atoms with Gasteiger partial charge in [0.05, 0.1) is 22.6 Å². The Morgan fingerprint density at radius 1 is 1.25 bits per heavy atom. The third kappa shape index (κ3) is 4.56. The van der Waals surface area contributed by atoms with Crippen LogP contribution in [0.4, 0.5) is 13.2 Å². The van der Waals surface area contributed by atoms with E-state index in [1.807, 2.05) is 26.0 Å². The number of carbonyl (C=O) groups is 2. The maximum atomic E-state index is 13.9. The molecular weight excluding hydrogens is 573 g/mol. The van der Waals surface area contributed by atoms with Gasteiger partial charge in [-0.1, -0.05) is 24.3 Å². The number of ether oxygens (including phenoxy) is 2. The topological polar surface area (TPSA) is 79.3 Å². The Bertz CT molecular complexity index is 1540. The van der Waals surface area contributed by atoms with Crippen molar-refractivity contribution in [1.82, 2.24) is 9.80 Å². The lowest BCUT2D eigenvalue weighted by Gasteiger charge is -2.65. The van der Waals surface area contributed by atoms with E-state index in [0.29, 0.717) is 50.3 Å². The van der Waals surface area contributed by atoms with Crippen LogP contribution in [0.15, 0.2) is 55.1 Å². The Labute approximate surface area is 254 Å². The lowest BCUT2D eigenvalue weighted by Crippen LogP contribution is -2.78. The molecule has 5 atom stereocenters. The molecule has 1 saturated heterocycles. The number of esters is 1. The molecule has 6 rings (SSSR count). The van der Waals surface area contributed by atoms with Gasteiger partial charge in [-0.25, -0.2) is 0 Å². The van der Waals surface area contributed by atoms with Crippen molar-refractivity contribution < 1.29 is 37.3 Å². The largest absolute Gasteiger partial charge is 0.483 e. The molecule has 2 fully saturated rings. The number of amides is 1. The molecule has 1 saturated carbocycles. The van der Waals surface area contributed by atoms with Crippen molar-refractivity contribution in [3.05, 3.63) is 77.4 Å². The second-order valence-corrected chi connectivity index (χ2v) is 12.6. The van der Waals surface area contributed by atoms with Crippen molar-refractivity contribution in [3.63, 3.8) is 0 Å². The summed E-state index contributed by atoms with van der Waals surface area (Å²) in [5.41, 5.74) is -0.659. The molecule has 7 nitrogen and oxygen atoms in total. The molecule has 2 aromatic carbocycles. The maximum Gasteiger partial charge on any atom is 0.416 e. The SMILES string of the molecule is C=CCN1CC[C@]23c4c5ccc(OC(C)=O)c4OC2C(N(C(=O)/C=C/c2cccc(C(F)(F)F)c2)C(C)C)CC[C@@]3(O)[C@H]1C5. The molecule has 2 unspecified atom stereocenters. The highest BCUT2D eigenvalue weighted by molar-refractivity contribution is 5.92. The van der Waals surface area contributed by atoms with Crippen LogP contribution in [0, 0.1) is 0 Å². The van der Waals surface area contributed by atoms with Crippen molar-refractivity contribution in [1.29, 1.82) is 0 Å². The average molecular weight is 611 g/mol. The maximum absolute atomic E-state index is 13.9. The molecule has 2 bridgehead atoms. The number of hydrogen-bond donors (Lipinski definition) is 1. The normalized spacial score (nSPS) is 28.9. The zero-order chi connectivity index (χ0) is 31.6. The van der Waals surface area contributed by atoms with Gasteiger partial charge in [-0.15, -0.1) is 6.58 Å². The first-order valence-corrected chi connectivity index (χ1v) is 15.1. The summed E-state index contributed by atoms with van der Waals surface area (Å²) in [4.78, 5) is 29.9. The minimum atomic E-state index is -4.49. The molecule has 2 aromatic rings. The van der Waals surface area contributed by atoms with Gasteiger partial charge >= 0.3 is 12.1 Å². The minimum absolute atomic E-state index is 0.191. The van der Waals surface area contributed by atoms with E-state index in [2.05, 4.69) is 11.5 Å². The number of carbonyl (C=O) groups excluding carboxylic acids is 2. The van der Waals surface area contributed by atoms with Crippen LogP contribution in [-0.2, 0) is 27.6 Å². The Morgan fingerprint density at radius 3 is 2.70 bits per heavy atom. The Balaban J connectivity index is 1.41. The number of nitrogens with zero attached hydrogens (tertiary/aromatic N) is 2. The smallest absolute Gasteiger partial charge is 0.416 e. The molecule has 0 radical (unpaired) electrons. The molecule has 2 aliphatic heterocycles. The number of aliphatic hydroxyl groups is 1. The van der Waals surface area contributed by atoms with Gasteiger partial charge in [-0.3, -0.25) is 14.5 Å². The number of rotatable bonds is 7. The van der Waals surface area contributed by atoms with E-state index in [4.69, 9.17) is 9.47 Å². The molecule has 234 valence electrons. The minimum Gasteiger partial charge on any atom is -0.483 e. The third-order valence-corrected chi connectivity index (χ3v) is 9.94. The van der Waals surface area contributed by atoms with Gasteiger partial charge in [-0.05, 0) is 81.5 Å². The van der Waals surface area contributed by atoms with Crippen LogP contribution in [0.5, 0.6) is 11.5 Å². The first kappa shape index (κ1) is 30.4. The molecule has 1 amide bonds.